The number of carbonyl (C=O) groups excluding carboxylic acids is 1. The van der Waals surface area contributed by atoms with Crippen molar-refractivity contribution in [3.8, 4) is 0 Å². The molecule has 6 heteroatoms. The minimum atomic E-state index is -1.25. The highest BCUT2D eigenvalue weighted by Gasteiger charge is 2.26. The molecule has 5 nitrogen and oxygen atoms in total. The van der Waals surface area contributed by atoms with Crippen molar-refractivity contribution in [3.05, 3.63) is 48.4 Å². The van der Waals surface area contributed by atoms with E-state index >= 15 is 0 Å². The lowest BCUT2D eigenvalue weighted by molar-refractivity contribution is 0.0372. The van der Waals surface area contributed by atoms with Crippen molar-refractivity contribution in [1.29, 1.82) is 0 Å². The van der Waals surface area contributed by atoms with Crippen LogP contribution in [0.15, 0.2) is 52.0 Å². The first-order chi connectivity index (χ1) is 10.5. The Morgan fingerprint density at radius 3 is 2.77 bits per heavy atom. The molecular formula is C16H20N2O3S. The summed E-state index contributed by atoms with van der Waals surface area (Å²) >= 11 is 1.66. The Labute approximate surface area is 134 Å². The van der Waals surface area contributed by atoms with E-state index in [-0.39, 0.29) is 12.6 Å². The molecule has 0 saturated heterocycles. The average molecular weight is 320 g/mol. The zero-order valence-corrected chi connectivity index (χ0v) is 13.4. The van der Waals surface area contributed by atoms with Gasteiger partial charge >= 0.3 is 6.03 Å². The van der Waals surface area contributed by atoms with E-state index in [4.69, 9.17) is 4.42 Å². The van der Waals surface area contributed by atoms with Gasteiger partial charge in [0.25, 0.3) is 0 Å². The van der Waals surface area contributed by atoms with Crippen LogP contribution in [0.25, 0.3) is 0 Å². The molecule has 3 N–H and O–H groups in total. The van der Waals surface area contributed by atoms with E-state index in [0.717, 1.165) is 16.3 Å². The molecule has 0 aliphatic carbocycles. The summed E-state index contributed by atoms with van der Waals surface area (Å²) in [6.45, 7) is 3.70. The van der Waals surface area contributed by atoms with E-state index in [1.54, 1.807) is 30.8 Å². The lowest BCUT2D eigenvalue weighted by Gasteiger charge is -2.21. The number of hydrogen-bond donors (Lipinski definition) is 3. The first-order valence-electron chi connectivity index (χ1n) is 7.06. The number of rotatable bonds is 6. The summed E-state index contributed by atoms with van der Waals surface area (Å²) < 4.78 is 5.17. The third kappa shape index (κ3) is 4.29. The van der Waals surface area contributed by atoms with Gasteiger partial charge in [0.1, 0.15) is 11.4 Å². The minimum Gasteiger partial charge on any atom is -0.466 e. The Bertz CT molecular complexity index is 612. The normalized spacial score (nSPS) is 13.4. The minimum absolute atomic E-state index is 0.0510. The van der Waals surface area contributed by atoms with Crippen molar-refractivity contribution in [3.63, 3.8) is 0 Å². The van der Waals surface area contributed by atoms with E-state index in [9.17, 15) is 9.90 Å². The van der Waals surface area contributed by atoms with Crippen LogP contribution in [0.4, 0.5) is 10.5 Å². The Kier molecular flexibility index (Phi) is 5.51. The van der Waals surface area contributed by atoms with Gasteiger partial charge in [-0.1, -0.05) is 19.1 Å². The zero-order valence-electron chi connectivity index (χ0n) is 12.6. The van der Waals surface area contributed by atoms with Gasteiger partial charge in [-0.3, -0.25) is 0 Å². The molecule has 0 unspecified atom stereocenters. The van der Waals surface area contributed by atoms with Gasteiger partial charge in [-0.05, 0) is 36.9 Å². The molecule has 22 heavy (non-hydrogen) atoms. The van der Waals surface area contributed by atoms with Gasteiger partial charge in [0.15, 0.2) is 0 Å². The Balaban J connectivity index is 1.94. The molecule has 1 heterocycles. The number of furan rings is 1. The maximum absolute atomic E-state index is 12.0. The number of hydrogen-bond acceptors (Lipinski definition) is 4. The predicted molar refractivity (Wildman–Crippen MR) is 88.1 cm³/mol. The average Bonchev–Trinajstić information content (AvgIpc) is 3.03. The second-order valence-corrected chi connectivity index (χ2v) is 6.29. The van der Waals surface area contributed by atoms with Crippen LogP contribution in [0, 0.1) is 0 Å². The number of thioether (sulfide) groups is 1. The number of benzene rings is 1. The van der Waals surface area contributed by atoms with Crippen molar-refractivity contribution < 1.29 is 14.3 Å². The molecule has 0 spiro atoms. The number of nitrogens with one attached hydrogen (secondary N) is 2. The molecule has 0 saturated carbocycles. The summed E-state index contributed by atoms with van der Waals surface area (Å²) in [6.07, 6.45) is 1.49. The molecule has 2 rings (SSSR count). The second-order valence-electron chi connectivity index (χ2n) is 4.99. The standard InChI is InChI=1S/C16H20N2O3S/c1-3-22-13-8-5-4-7-12(13)18-15(19)17-11-16(2,20)14-9-6-10-21-14/h4-10,20H,3,11H2,1-2H3,(H2,17,18,19)/t16-/m0/s1. The number of aliphatic hydroxyl groups is 1. The van der Waals surface area contributed by atoms with Crippen molar-refractivity contribution in [1.82, 2.24) is 5.32 Å². The summed E-state index contributed by atoms with van der Waals surface area (Å²) in [4.78, 5) is 13.0. The number of anilines is 1. The van der Waals surface area contributed by atoms with Gasteiger partial charge in [-0.2, -0.15) is 0 Å². The fraction of sp³-hybridized carbons (Fsp3) is 0.312. The molecular weight excluding hydrogens is 300 g/mol. The highest BCUT2D eigenvalue weighted by atomic mass is 32.2. The molecule has 118 valence electrons. The molecule has 2 aromatic rings. The third-order valence-electron chi connectivity index (χ3n) is 3.08. The summed E-state index contributed by atoms with van der Waals surface area (Å²) in [5.74, 6) is 1.34. The quantitative estimate of drug-likeness (QED) is 0.713. The summed E-state index contributed by atoms with van der Waals surface area (Å²) in [5, 5.41) is 15.7. The van der Waals surface area contributed by atoms with Crippen molar-refractivity contribution in [2.45, 2.75) is 24.3 Å². The van der Waals surface area contributed by atoms with Crippen LogP contribution in [0.2, 0.25) is 0 Å². The van der Waals surface area contributed by atoms with E-state index in [2.05, 4.69) is 17.6 Å². The number of para-hydroxylation sites is 1. The van der Waals surface area contributed by atoms with Gasteiger partial charge in [-0.15, -0.1) is 11.8 Å². The van der Waals surface area contributed by atoms with E-state index < -0.39 is 5.60 Å². The van der Waals surface area contributed by atoms with Gasteiger partial charge < -0.3 is 20.2 Å². The zero-order chi connectivity index (χ0) is 16.0. The SMILES string of the molecule is CCSc1ccccc1NC(=O)NC[C@](C)(O)c1ccco1. The van der Waals surface area contributed by atoms with E-state index in [0.29, 0.717) is 5.76 Å². The van der Waals surface area contributed by atoms with Crippen LogP contribution < -0.4 is 10.6 Å². The summed E-state index contributed by atoms with van der Waals surface area (Å²) in [6, 6.07) is 10.6. The van der Waals surface area contributed by atoms with Crippen molar-refractivity contribution in [2.75, 3.05) is 17.6 Å². The lowest BCUT2D eigenvalue weighted by Crippen LogP contribution is -2.40. The van der Waals surface area contributed by atoms with Crippen LogP contribution in [-0.4, -0.2) is 23.4 Å². The Morgan fingerprint density at radius 1 is 1.32 bits per heavy atom. The van der Waals surface area contributed by atoms with Crippen LogP contribution in [0.1, 0.15) is 19.6 Å². The van der Waals surface area contributed by atoms with E-state index in [1.807, 2.05) is 24.3 Å². The van der Waals surface area contributed by atoms with Gasteiger partial charge in [0, 0.05) is 4.90 Å². The van der Waals surface area contributed by atoms with Crippen LogP contribution >= 0.6 is 11.8 Å². The van der Waals surface area contributed by atoms with Crippen molar-refractivity contribution >= 4 is 23.5 Å². The highest BCUT2D eigenvalue weighted by Crippen LogP contribution is 2.26. The molecule has 0 aliphatic rings. The largest absolute Gasteiger partial charge is 0.466 e. The Morgan fingerprint density at radius 2 is 2.09 bits per heavy atom. The molecule has 2 amide bonds. The highest BCUT2D eigenvalue weighted by molar-refractivity contribution is 7.99. The molecule has 0 radical (unpaired) electrons. The number of urea groups is 1. The molecule has 0 bridgehead atoms. The number of carbonyl (C=O) groups is 1. The molecule has 0 fully saturated rings. The van der Waals surface area contributed by atoms with Crippen LogP contribution in [0.5, 0.6) is 0 Å². The van der Waals surface area contributed by atoms with E-state index in [1.165, 1.54) is 6.26 Å². The van der Waals surface area contributed by atoms with Gasteiger partial charge in [-0.25, -0.2) is 4.79 Å². The lowest BCUT2D eigenvalue weighted by atomic mass is 10.0. The maximum atomic E-state index is 12.0. The predicted octanol–water partition coefficient (Wildman–Crippen LogP) is 3.42. The first-order valence-corrected chi connectivity index (χ1v) is 8.04. The Hall–Kier alpha value is -1.92. The maximum Gasteiger partial charge on any atom is 0.319 e. The number of amides is 2. The third-order valence-corrected chi connectivity index (χ3v) is 4.04. The van der Waals surface area contributed by atoms with Crippen LogP contribution in [0.3, 0.4) is 0 Å². The fourth-order valence-electron chi connectivity index (χ4n) is 1.94. The van der Waals surface area contributed by atoms with Crippen LogP contribution in [-0.2, 0) is 5.60 Å². The summed E-state index contributed by atoms with van der Waals surface area (Å²) in [5.41, 5.74) is -0.497. The molecule has 1 atom stereocenters. The molecule has 1 aromatic heterocycles. The monoisotopic (exact) mass is 320 g/mol. The first kappa shape index (κ1) is 16.5. The fourth-order valence-corrected chi connectivity index (χ4v) is 2.70. The smallest absolute Gasteiger partial charge is 0.319 e. The second kappa shape index (κ2) is 7.38. The topological polar surface area (TPSA) is 74.5 Å². The molecule has 0 aliphatic heterocycles. The molecule has 1 aromatic carbocycles. The van der Waals surface area contributed by atoms with Gasteiger partial charge in [0.2, 0.25) is 0 Å². The van der Waals surface area contributed by atoms with Gasteiger partial charge in [0.05, 0.1) is 18.5 Å². The summed E-state index contributed by atoms with van der Waals surface area (Å²) in [7, 11) is 0. The van der Waals surface area contributed by atoms with Crippen molar-refractivity contribution in [2.24, 2.45) is 0 Å².